The minimum atomic E-state index is 0. The molecule has 0 rings (SSSR count). The van der Waals surface area contributed by atoms with Gasteiger partial charge >= 0.3 is 21.1 Å². The van der Waals surface area contributed by atoms with Crippen LogP contribution in [0.4, 0.5) is 0 Å². The molecule has 0 fully saturated rings. The average molecular weight is 818 g/mol. The third kappa shape index (κ3) is 23.9. The van der Waals surface area contributed by atoms with Crippen LogP contribution in [0.5, 0.6) is 0 Å². The molecule has 0 atom stereocenters. The maximum Gasteiger partial charge on any atom is 5.00 e. The Balaban J connectivity index is 0. The quantitative estimate of drug-likeness (QED) is 0.214. The van der Waals surface area contributed by atoms with E-state index in [2.05, 4.69) is 0 Å². The SMILES string of the molecule is [I-].[I-].[I-].[I-].[I-].[W+5]. The van der Waals surface area contributed by atoms with Crippen LogP contribution in [0.25, 0.3) is 0 Å². The van der Waals surface area contributed by atoms with Gasteiger partial charge in [-0.05, 0) is 0 Å². The third-order valence-corrected chi connectivity index (χ3v) is 0. The molecule has 0 aromatic rings. The standard InChI is InChI=1S/5HI.W/h5*1H;/q;;;;;+5/p-5. The second-order valence-electron chi connectivity index (χ2n) is 0. The van der Waals surface area contributed by atoms with Crippen LogP contribution in [0, 0.1) is 0 Å². The summed E-state index contributed by atoms with van der Waals surface area (Å²) >= 11 is 0. The molecule has 1 radical (unpaired) electrons. The molecule has 0 saturated carbocycles. The van der Waals surface area contributed by atoms with E-state index in [9.17, 15) is 0 Å². The summed E-state index contributed by atoms with van der Waals surface area (Å²) in [4.78, 5) is 0. The van der Waals surface area contributed by atoms with E-state index >= 15 is 0 Å². The van der Waals surface area contributed by atoms with Gasteiger partial charge in [0.05, 0.1) is 0 Å². The van der Waals surface area contributed by atoms with E-state index in [-0.39, 0.29) is 141 Å². The first-order valence-corrected chi connectivity index (χ1v) is 0. The van der Waals surface area contributed by atoms with Crippen molar-refractivity contribution in [3.05, 3.63) is 0 Å². The molecular formula is I5W. The summed E-state index contributed by atoms with van der Waals surface area (Å²) in [6.45, 7) is 0. The Labute approximate surface area is 137 Å². The smallest absolute Gasteiger partial charge is 1.00 e. The van der Waals surface area contributed by atoms with Crippen LogP contribution in [0.15, 0.2) is 0 Å². The second-order valence-corrected chi connectivity index (χ2v) is 0. The van der Waals surface area contributed by atoms with Crippen LogP contribution >= 0.6 is 0 Å². The molecule has 6 heavy (non-hydrogen) atoms. The van der Waals surface area contributed by atoms with E-state index in [1.807, 2.05) is 0 Å². The van der Waals surface area contributed by atoms with Crippen molar-refractivity contribution in [2.75, 3.05) is 0 Å². The van der Waals surface area contributed by atoms with Crippen molar-refractivity contribution in [2.45, 2.75) is 0 Å². The Kier molecular flexibility index (Phi) is 275. The molecule has 0 unspecified atom stereocenters. The molecule has 0 aliphatic heterocycles. The summed E-state index contributed by atoms with van der Waals surface area (Å²) in [7, 11) is 0. The van der Waals surface area contributed by atoms with Crippen molar-refractivity contribution in [1.82, 2.24) is 0 Å². The van der Waals surface area contributed by atoms with Crippen LogP contribution in [-0.2, 0) is 21.1 Å². The van der Waals surface area contributed by atoms with Crippen molar-refractivity contribution < 1.29 is 141 Å². The second kappa shape index (κ2) is 34.5. The van der Waals surface area contributed by atoms with E-state index in [1.165, 1.54) is 0 Å². The van der Waals surface area contributed by atoms with Gasteiger partial charge in [-0.25, -0.2) is 0 Å². The molecule has 0 aliphatic carbocycles. The Morgan fingerprint density at radius 2 is 0.333 bits per heavy atom. The largest absolute Gasteiger partial charge is 5.00 e. The molecule has 0 saturated heterocycles. The zero-order valence-electron chi connectivity index (χ0n) is 2.30. The first-order valence-electron chi connectivity index (χ1n) is 0. The fourth-order valence-electron chi connectivity index (χ4n) is 0. The molecule has 0 spiro atoms. The Morgan fingerprint density at radius 1 is 0.333 bits per heavy atom. The fourth-order valence-corrected chi connectivity index (χ4v) is 0. The summed E-state index contributed by atoms with van der Waals surface area (Å²) in [6, 6.07) is 0. The maximum absolute atomic E-state index is 0. The first-order chi connectivity index (χ1) is 0. The van der Waals surface area contributed by atoms with Crippen molar-refractivity contribution >= 4 is 0 Å². The summed E-state index contributed by atoms with van der Waals surface area (Å²) in [5.41, 5.74) is 0. The minimum absolute atomic E-state index is 0. The fraction of sp³-hybridized carbons (Fsp3) is 0. The minimum Gasteiger partial charge on any atom is -1.00 e. The van der Waals surface area contributed by atoms with Gasteiger partial charge in [-0.1, -0.05) is 0 Å². The predicted octanol–water partition coefficient (Wildman–Crippen LogP) is -15.0. The van der Waals surface area contributed by atoms with Gasteiger partial charge in [0.1, 0.15) is 0 Å². The Morgan fingerprint density at radius 3 is 0.333 bits per heavy atom. The third-order valence-electron chi connectivity index (χ3n) is 0. The number of rotatable bonds is 0. The predicted molar refractivity (Wildman–Crippen MR) is 0 cm³/mol. The van der Waals surface area contributed by atoms with Crippen LogP contribution in [0.3, 0.4) is 0 Å². The van der Waals surface area contributed by atoms with Gasteiger partial charge in [0.2, 0.25) is 0 Å². The molecule has 0 bridgehead atoms. The summed E-state index contributed by atoms with van der Waals surface area (Å²) in [5.74, 6) is 0. The molecule has 0 heterocycles. The molecule has 6 heteroatoms. The van der Waals surface area contributed by atoms with E-state index in [0.29, 0.717) is 0 Å². The number of hydrogen-bond donors (Lipinski definition) is 0. The molecule has 41 valence electrons. The molecule has 0 aliphatic rings. The number of halogens is 5. The molecule has 0 aromatic carbocycles. The van der Waals surface area contributed by atoms with E-state index < -0.39 is 0 Å². The Hall–Kier alpha value is 4.34. The zero-order valence-corrected chi connectivity index (χ0v) is 16.0. The van der Waals surface area contributed by atoms with Crippen LogP contribution in [0.2, 0.25) is 0 Å². The van der Waals surface area contributed by atoms with Crippen molar-refractivity contribution in [3.8, 4) is 0 Å². The van der Waals surface area contributed by atoms with Crippen LogP contribution in [-0.4, -0.2) is 0 Å². The normalized spacial score (nSPS) is 0. The topological polar surface area (TPSA) is 0 Å². The van der Waals surface area contributed by atoms with E-state index in [1.54, 1.807) is 0 Å². The molecule has 0 aromatic heterocycles. The summed E-state index contributed by atoms with van der Waals surface area (Å²) in [6.07, 6.45) is 0. The molecular weight excluding hydrogens is 818 g/mol. The van der Waals surface area contributed by atoms with Gasteiger partial charge in [0.15, 0.2) is 0 Å². The van der Waals surface area contributed by atoms with Crippen LogP contribution < -0.4 is 120 Å². The first kappa shape index (κ1) is 47.9. The summed E-state index contributed by atoms with van der Waals surface area (Å²) in [5, 5.41) is 0. The van der Waals surface area contributed by atoms with Crippen molar-refractivity contribution in [1.29, 1.82) is 0 Å². The molecule has 0 N–H and O–H groups in total. The molecule has 0 amide bonds. The van der Waals surface area contributed by atoms with Gasteiger partial charge < -0.3 is 120 Å². The van der Waals surface area contributed by atoms with Gasteiger partial charge in [-0.15, -0.1) is 0 Å². The Bertz CT molecular complexity index is 3.90. The van der Waals surface area contributed by atoms with Crippen molar-refractivity contribution in [2.24, 2.45) is 0 Å². The molecule has 0 nitrogen and oxygen atoms in total. The monoisotopic (exact) mass is 818 g/mol. The van der Waals surface area contributed by atoms with Gasteiger partial charge in [-0.3, -0.25) is 0 Å². The maximum atomic E-state index is 0. The summed E-state index contributed by atoms with van der Waals surface area (Å²) < 4.78 is 0. The van der Waals surface area contributed by atoms with Gasteiger partial charge in [0.25, 0.3) is 0 Å². The zero-order chi connectivity index (χ0) is 0. The van der Waals surface area contributed by atoms with Crippen LogP contribution in [0.1, 0.15) is 0 Å². The van der Waals surface area contributed by atoms with E-state index in [0.717, 1.165) is 0 Å². The van der Waals surface area contributed by atoms with Gasteiger partial charge in [-0.2, -0.15) is 0 Å². The average Bonchev–Trinajstić information content (AvgIpc) is 0. The number of hydrogen-bond acceptors (Lipinski definition) is 0. The van der Waals surface area contributed by atoms with Gasteiger partial charge in [0, 0.05) is 0 Å². The van der Waals surface area contributed by atoms with Crippen molar-refractivity contribution in [3.63, 3.8) is 0 Å². The van der Waals surface area contributed by atoms with E-state index in [4.69, 9.17) is 0 Å².